The smallest absolute Gasteiger partial charge is 0.261 e. The second kappa shape index (κ2) is 7.79. The quantitative estimate of drug-likeness (QED) is 0.828. The molecule has 7 nitrogen and oxygen atoms in total. The van der Waals surface area contributed by atoms with E-state index < -0.39 is 5.54 Å². The largest absolute Gasteiger partial charge is 0.484 e. The Kier molecular flexibility index (Phi) is 5.77. The van der Waals surface area contributed by atoms with Crippen molar-refractivity contribution in [3.8, 4) is 11.8 Å². The number of likely N-dealkylation sites (tertiary alicyclic amines) is 1. The summed E-state index contributed by atoms with van der Waals surface area (Å²) in [6.07, 6.45) is 1.29. The highest BCUT2D eigenvalue weighted by Crippen LogP contribution is 2.30. The van der Waals surface area contributed by atoms with Crippen LogP contribution in [-0.4, -0.2) is 56.2 Å². The van der Waals surface area contributed by atoms with E-state index in [2.05, 4.69) is 5.32 Å². The molecule has 1 aliphatic rings. The lowest BCUT2D eigenvalue weighted by atomic mass is 9.96. The summed E-state index contributed by atoms with van der Waals surface area (Å²) >= 11 is 0. The molecular weight excluding hydrogens is 310 g/mol. The SMILES string of the molecule is CNC(=O)C1(COC)CCCN1C(=O)COc1ccc(C#N)cc1. The van der Waals surface area contributed by atoms with Gasteiger partial charge in [0.05, 0.1) is 18.2 Å². The van der Waals surface area contributed by atoms with Crippen LogP contribution in [0.3, 0.4) is 0 Å². The first-order valence-corrected chi connectivity index (χ1v) is 7.72. The van der Waals surface area contributed by atoms with Gasteiger partial charge in [-0.3, -0.25) is 9.59 Å². The summed E-state index contributed by atoms with van der Waals surface area (Å²) < 4.78 is 10.7. The van der Waals surface area contributed by atoms with Crippen LogP contribution in [0, 0.1) is 11.3 Å². The van der Waals surface area contributed by atoms with E-state index in [1.165, 1.54) is 7.11 Å². The van der Waals surface area contributed by atoms with Crippen LogP contribution in [0.1, 0.15) is 18.4 Å². The zero-order valence-electron chi connectivity index (χ0n) is 13.9. The molecule has 0 radical (unpaired) electrons. The summed E-state index contributed by atoms with van der Waals surface area (Å²) in [5.74, 6) is 0.00455. The maximum atomic E-state index is 12.6. The second-order valence-electron chi connectivity index (χ2n) is 5.62. The summed E-state index contributed by atoms with van der Waals surface area (Å²) in [4.78, 5) is 26.4. The number of nitrogens with one attached hydrogen (secondary N) is 1. The third kappa shape index (κ3) is 3.49. The van der Waals surface area contributed by atoms with Crippen molar-refractivity contribution in [3.05, 3.63) is 29.8 Å². The van der Waals surface area contributed by atoms with E-state index >= 15 is 0 Å². The van der Waals surface area contributed by atoms with Gasteiger partial charge >= 0.3 is 0 Å². The van der Waals surface area contributed by atoms with Crippen molar-refractivity contribution in [1.82, 2.24) is 10.2 Å². The summed E-state index contributed by atoms with van der Waals surface area (Å²) in [6, 6.07) is 8.53. The third-order valence-electron chi connectivity index (χ3n) is 4.17. The fraction of sp³-hybridized carbons (Fsp3) is 0.471. The lowest BCUT2D eigenvalue weighted by molar-refractivity contribution is -0.149. The molecule has 1 fully saturated rings. The Morgan fingerprint density at radius 2 is 2.08 bits per heavy atom. The van der Waals surface area contributed by atoms with Gasteiger partial charge in [0.2, 0.25) is 5.91 Å². The van der Waals surface area contributed by atoms with E-state index in [0.29, 0.717) is 24.3 Å². The molecule has 7 heteroatoms. The number of hydrogen-bond acceptors (Lipinski definition) is 5. The van der Waals surface area contributed by atoms with Crippen LogP contribution in [0.25, 0.3) is 0 Å². The molecule has 0 aromatic heterocycles. The van der Waals surface area contributed by atoms with Gasteiger partial charge in [0.25, 0.3) is 5.91 Å². The molecule has 2 rings (SSSR count). The molecule has 128 valence electrons. The maximum Gasteiger partial charge on any atom is 0.261 e. The molecule has 24 heavy (non-hydrogen) atoms. The zero-order valence-corrected chi connectivity index (χ0v) is 13.9. The molecule has 1 aromatic rings. The Hall–Kier alpha value is -2.59. The Bertz CT molecular complexity index is 638. The van der Waals surface area contributed by atoms with Crippen molar-refractivity contribution < 1.29 is 19.1 Å². The molecule has 1 atom stereocenters. The van der Waals surface area contributed by atoms with Gasteiger partial charge in [-0.2, -0.15) is 5.26 Å². The maximum absolute atomic E-state index is 12.6. The Morgan fingerprint density at radius 1 is 1.38 bits per heavy atom. The van der Waals surface area contributed by atoms with Crippen LogP contribution in [0.2, 0.25) is 0 Å². The molecular formula is C17H21N3O4. The first-order valence-electron chi connectivity index (χ1n) is 7.72. The molecule has 2 amide bonds. The number of carbonyl (C=O) groups excluding carboxylic acids is 2. The molecule has 1 saturated heterocycles. The lowest BCUT2D eigenvalue weighted by Gasteiger charge is -2.36. The first kappa shape index (κ1) is 17.8. The molecule has 0 aliphatic carbocycles. The highest BCUT2D eigenvalue weighted by atomic mass is 16.5. The van der Waals surface area contributed by atoms with Crippen LogP contribution in [-0.2, 0) is 14.3 Å². The molecule has 0 spiro atoms. The normalized spacial score (nSPS) is 19.6. The highest BCUT2D eigenvalue weighted by Gasteiger charge is 2.49. The van der Waals surface area contributed by atoms with E-state index in [1.807, 2.05) is 6.07 Å². The number of benzene rings is 1. The summed E-state index contributed by atoms with van der Waals surface area (Å²) in [7, 11) is 3.06. The predicted octanol–water partition coefficient (Wildman–Crippen LogP) is 0.691. The average Bonchev–Trinajstić information content (AvgIpc) is 3.04. The minimum atomic E-state index is -0.978. The Balaban J connectivity index is 2.06. The average molecular weight is 331 g/mol. The van der Waals surface area contributed by atoms with E-state index in [-0.39, 0.29) is 25.0 Å². The molecule has 0 bridgehead atoms. The number of carbonyl (C=O) groups is 2. The van der Waals surface area contributed by atoms with Crippen molar-refractivity contribution in [2.45, 2.75) is 18.4 Å². The van der Waals surface area contributed by atoms with Gasteiger partial charge < -0.3 is 19.7 Å². The minimum absolute atomic E-state index is 0.148. The van der Waals surface area contributed by atoms with Crippen LogP contribution >= 0.6 is 0 Å². The summed E-state index contributed by atoms with van der Waals surface area (Å²) in [6.45, 7) is 0.468. The topological polar surface area (TPSA) is 91.7 Å². The number of methoxy groups -OCH3 is 1. The van der Waals surface area contributed by atoms with E-state index in [9.17, 15) is 9.59 Å². The van der Waals surface area contributed by atoms with E-state index in [1.54, 1.807) is 36.2 Å². The van der Waals surface area contributed by atoms with Crippen LogP contribution in [0.5, 0.6) is 5.75 Å². The molecule has 1 heterocycles. The molecule has 1 N–H and O–H groups in total. The number of hydrogen-bond donors (Lipinski definition) is 1. The Labute approximate surface area is 141 Å². The van der Waals surface area contributed by atoms with Gasteiger partial charge in [0.1, 0.15) is 11.3 Å². The second-order valence-corrected chi connectivity index (χ2v) is 5.62. The number of likely N-dealkylation sites (N-methyl/N-ethyl adjacent to an activating group) is 1. The summed E-state index contributed by atoms with van der Waals surface area (Å²) in [5, 5.41) is 11.4. The van der Waals surface area contributed by atoms with Crippen LogP contribution < -0.4 is 10.1 Å². The molecule has 1 aromatic carbocycles. The Morgan fingerprint density at radius 3 is 2.67 bits per heavy atom. The monoisotopic (exact) mass is 331 g/mol. The van der Waals surface area contributed by atoms with Gasteiger partial charge in [-0.1, -0.05) is 0 Å². The summed E-state index contributed by atoms with van der Waals surface area (Å²) in [5.41, 5.74) is -0.457. The number of nitriles is 1. The van der Waals surface area contributed by atoms with Crippen molar-refractivity contribution in [1.29, 1.82) is 5.26 Å². The minimum Gasteiger partial charge on any atom is -0.484 e. The van der Waals surface area contributed by atoms with Gasteiger partial charge in [0, 0.05) is 20.7 Å². The third-order valence-corrected chi connectivity index (χ3v) is 4.17. The van der Waals surface area contributed by atoms with Crippen LogP contribution in [0.15, 0.2) is 24.3 Å². The fourth-order valence-electron chi connectivity index (χ4n) is 3.01. The van der Waals surface area contributed by atoms with Crippen LogP contribution in [0.4, 0.5) is 0 Å². The van der Waals surface area contributed by atoms with Crippen molar-refractivity contribution in [2.75, 3.05) is 33.9 Å². The standard InChI is InChI=1S/C17H21N3O4/c1-19-16(22)17(12-23-2)8-3-9-20(17)15(21)11-24-14-6-4-13(10-18)5-7-14/h4-7H,3,8-9,11-12H2,1-2H3,(H,19,22). The van der Waals surface area contributed by atoms with Gasteiger partial charge in [-0.05, 0) is 37.1 Å². The van der Waals surface area contributed by atoms with Gasteiger partial charge in [-0.15, -0.1) is 0 Å². The number of ether oxygens (including phenoxy) is 2. The van der Waals surface area contributed by atoms with Gasteiger partial charge in [-0.25, -0.2) is 0 Å². The lowest BCUT2D eigenvalue weighted by Crippen LogP contribution is -2.60. The van der Waals surface area contributed by atoms with Gasteiger partial charge in [0.15, 0.2) is 6.61 Å². The molecule has 1 aliphatic heterocycles. The zero-order chi connectivity index (χ0) is 17.6. The van der Waals surface area contributed by atoms with Crippen molar-refractivity contribution in [3.63, 3.8) is 0 Å². The van der Waals surface area contributed by atoms with E-state index in [0.717, 1.165) is 6.42 Å². The number of amides is 2. The molecule has 0 saturated carbocycles. The van der Waals surface area contributed by atoms with E-state index in [4.69, 9.17) is 14.7 Å². The highest BCUT2D eigenvalue weighted by molar-refractivity contribution is 5.92. The number of rotatable bonds is 6. The van der Waals surface area contributed by atoms with Crippen molar-refractivity contribution >= 4 is 11.8 Å². The first-order chi connectivity index (χ1) is 11.6. The number of nitrogens with zero attached hydrogens (tertiary/aromatic N) is 2. The predicted molar refractivity (Wildman–Crippen MR) is 86.3 cm³/mol. The van der Waals surface area contributed by atoms with Crippen molar-refractivity contribution in [2.24, 2.45) is 0 Å². The molecule has 1 unspecified atom stereocenters. The fourth-order valence-corrected chi connectivity index (χ4v) is 3.01.